The summed E-state index contributed by atoms with van der Waals surface area (Å²) in [6.45, 7) is 3.94. The number of carboxylic acid groups (broad SMARTS) is 1. The van der Waals surface area contributed by atoms with Crippen molar-refractivity contribution in [2.45, 2.75) is 44.7 Å². The number of aromatic nitrogens is 2. The van der Waals surface area contributed by atoms with Crippen molar-refractivity contribution in [1.82, 2.24) is 14.9 Å². The van der Waals surface area contributed by atoms with E-state index in [0.29, 0.717) is 6.04 Å². The second-order valence-electron chi connectivity index (χ2n) is 8.18. The van der Waals surface area contributed by atoms with Crippen LogP contribution in [-0.2, 0) is 12.8 Å². The van der Waals surface area contributed by atoms with Crippen LogP contribution in [0.25, 0.3) is 11.0 Å². The first-order chi connectivity index (χ1) is 14.1. The maximum atomic E-state index is 11.9. The van der Waals surface area contributed by atoms with Gasteiger partial charge in [-0.1, -0.05) is 30.3 Å². The van der Waals surface area contributed by atoms with Crippen molar-refractivity contribution >= 4 is 22.8 Å². The highest BCUT2D eigenvalue weighted by atomic mass is 16.4. The van der Waals surface area contributed by atoms with E-state index in [1.807, 2.05) is 19.1 Å². The second kappa shape index (κ2) is 7.19. The van der Waals surface area contributed by atoms with Gasteiger partial charge in [-0.25, -0.2) is 9.78 Å². The van der Waals surface area contributed by atoms with Crippen molar-refractivity contribution in [3.05, 3.63) is 59.4 Å². The van der Waals surface area contributed by atoms with E-state index < -0.39 is 6.09 Å². The van der Waals surface area contributed by atoms with E-state index in [9.17, 15) is 9.90 Å². The summed E-state index contributed by atoms with van der Waals surface area (Å²) in [4.78, 5) is 18.5. The number of hydrogen-bond donors (Lipinski definition) is 2. The van der Waals surface area contributed by atoms with Crippen LogP contribution >= 0.6 is 0 Å². The third kappa shape index (κ3) is 3.08. The molecule has 0 radical (unpaired) electrons. The summed E-state index contributed by atoms with van der Waals surface area (Å²) in [6, 6.07) is 14.9. The van der Waals surface area contributed by atoms with Gasteiger partial charge in [0.25, 0.3) is 0 Å². The molecule has 150 valence electrons. The number of rotatable bonds is 3. The Balaban J connectivity index is 1.68. The Morgan fingerprint density at radius 3 is 2.76 bits per heavy atom. The SMILES string of the molecule is CC1CCc2c(ccc3c2nc(Cc2ccccc2)n3C2CCNC2)N1C(=O)O. The van der Waals surface area contributed by atoms with Gasteiger partial charge in [-0.05, 0) is 50.4 Å². The van der Waals surface area contributed by atoms with Gasteiger partial charge in [0.1, 0.15) is 5.82 Å². The normalized spacial score (nSPS) is 21.5. The van der Waals surface area contributed by atoms with Crippen LogP contribution in [0.5, 0.6) is 0 Å². The monoisotopic (exact) mass is 390 g/mol. The lowest BCUT2D eigenvalue weighted by Crippen LogP contribution is -2.41. The highest BCUT2D eigenvalue weighted by Gasteiger charge is 2.31. The lowest BCUT2D eigenvalue weighted by molar-refractivity contribution is 0.198. The van der Waals surface area contributed by atoms with Crippen molar-refractivity contribution in [2.75, 3.05) is 18.0 Å². The Bertz CT molecular complexity index is 1050. The molecule has 6 heteroatoms. The predicted molar refractivity (Wildman–Crippen MR) is 114 cm³/mol. The van der Waals surface area contributed by atoms with Crippen LogP contribution < -0.4 is 10.2 Å². The topological polar surface area (TPSA) is 70.4 Å². The molecule has 0 bridgehead atoms. The van der Waals surface area contributed by atoms with Gasteiger partial charge in [0, 0.05) is 30.6 Å². The number of nitrogens with zero attached hydrogens (tertiary/aromatic N) is 3. The number of carbonyl (C=O) groups is 1. The Kier molecular flexibility index (Phi) is 4.51. The Morgan fingerprint density at radius 1 is 1.21 bits per heavy atom. The van der Waals surface area contributed by atoms with Gasteiger partial charge < -0.3 is 15.0 Å². The number of nitrogens with one attached hydrogen (secondary N) is 1. The molecule has 0 aliphatic carbocycles. The van der Waals surface area contributed by atoms with Crippen LogP contribution in [0.15, 0.2) is 42.5 Å². The number of aryl methyl sites for hydroxylation is 1. The molecule has 3 heterocycles. The molecule has 2 aromatic carbocycles. The lowest BCUT2D eigenvalue weighted by atomic mass is 9.95. The number of benzene rings is 2. The van der Waals surface area contributed by atoms with E-state index in [4.69, 9.17) is 4.98 Å². The third-order valence-electron chi connectivity index (χ3n) is 6.34. The van der Waals surface area contributed by atoms with Crippen molar-refractivity contribution in [3.8, 4) is 0 Å². The fraction of sp³-hybridized carbons (Fsp3) is 0.391. The molecule has 5 rings (SSSR count). The summed E-state index contributed by atoms with van der Waals surface area (Å²) in [7, 11) is 0. The number of anilines is 1. The van der Waals surface area contributed by atoms with Crippen LogP contribution in [0, 0.1) is 0 Å². The number of fused-ring (bicyclic) bond motifs is 3. The number of amides is 1. The summed E-state index contributed by atoms with van der Waals surface area (Å²) in [6.07, 6.45) is 2.66. The number of imidazole rings is 1. The zero-order valence-electron chi connectivity index (χ0n) is 16.6. The molecule has 29 heavy (non-hydrogen) atoms. The molecule has 1 aromatic heterocycles. The van der Waals surface area contributed by atoms with Crippen molar-refractivity contribution < 1.29 is 9.90 Å². The van der Waals surface area contributed by atoms with E-state index in [0.717, 1.165) is 66.9 Å². The maximum absolute atomic E-state index is 11.9. The third-order valence-corrected chi connectivity index (χ3v) is 6.34. The van der Waals surface area contributed by atoms with Gasteiger partial charge in [-0.15, -0.1) is 0 Å². The molecule has 0 saturated carbocycles. The van der Waals surface area contributed by atoms with Crippen LogP contribution in [0.2, 0.25) is 0 Å². The van der Waals surface area contributed by atoms with E-state index in [-0.39, 0.29) is 6.04 Å². The molecule has 0 spiro atoms. The fourth-order valence-electron chi connectivity index (χ4n) is 4.91. The molecule has 1 amide bonds. The van der Waals surface area contributed by atoms with E-state index >= 15 is 0 Å². The Hall–Kier alpha value is -2.86. The van der Waals surface area contributed by atoms with Crippen LogP contribution in [0.4, 0.5) is 10.5 Å². The summed E-state index contributed by atoms with van der Waals surface area (Å²) >= 11 is 0. The summed E-state index contributed by atoms with van der Waals surface area (Å²) in [5, 5.41) is 13.2. The first-order valence-electron chi connectivity index (χ1n) is 10.4. The molecule has 1 fully saturated rings. The number of hydrogen-bond acceptors (Lipinski definition) is 3. The minimum Gasteiger partial charge on any atom is -0.465 e. The lowest BCUT2D eigenvalue weighted by Gasteiger charge is -2.33. The smallest absolute Gasteiger partial charge is 0.412 e. The molecule has 2 aliphatic rings. The molecule has 3 aromatic rings. The largest absolute Gasteiger partial charge is 0.465 e. The first-order valence-corrected chi connectivity index (χ1v) is 10.4. The molecule has 2 atom stereocenters. The van der Waals surface area contributed by atoms with E-state index in [1.165, 1.54) is 10.5 Å². The first kappa shape index (κ1) is 18.2. The van der Waals surface area contributed by atoms with Crippen LogP contribution in [0.1, 0.15) is 42.8 Å². The van der Waals surface area contributed by atoms with Crippen molar-refractivity contribution in [1.29, 1.82) is 0 Å². The van der Waals surface area contributed by atoms with E-state index in [2.05, 4.69) is 40.2 Å². The van der Waals surface area contributed by atoms with Gasteiger partial charge in [0.15, 0.2) is 0 Å². The molecule has 6 nitrogen and oxygen atoms in total. The summed E-state index contributed by atoms with van der Waals surface area (Å²) in [5.74, 6) is 1.06. The molecular formula is C23H26N4O2. The van der Waals surface area contributed by atoms with Crippen LogP contribution in [0.3, 0.4) is 0 Å². The zero-order valence-corrected chi connectivity index (χ0v) is 16.6. The Labute approximate surface area is 170 Å². The molecule has 2 N–H and O–H groups in total. The summed E-state index contributed by atoms with van der Waals surface area (Å²) in [5.41, 5.74) is 5.21. The van der Waals surface area contributed by atoms with Crippen LogP contribution in [-0.4, -0.2) is 39.9 Å². The van der Waals surface area contributed by atoms with Gasteiger partial charge in [0.2, 0.25) is 0 Å². The molecule has 2 unspecified atom stereocenters. The van der Waals surface area contributed by atoms with Crippen molar-refractivity contribution in [2.24, 2.45) is 0 Å². The fourth-order valence-corrected chi connectivity index (χ4v) is 4.91. The Morgan fingerprint density at radius 2 is 2.03 bits per heavy atom. The van der Waals surface area contributed by atoms with Crippen molar-refractivity contribution in [3.63, 3.8) is 0 Å². The average Bonchev–Trinajstić information content (AvgIpc) is 3.35. The molecule has 2 aliphatic heterocycles. The zero-order chi connectivity index (χ0) is 20.0. The van der Waals surface area contributed by atoms with E-state index in [1.54, 1.807) is 0 Å². The van der Waals surface area contributed by atoms with Gasteiger partial charge in [-0.2, -0.15) is 0 Å². The van der Waals surface area contributed by atoms with Gasteiger partial charge in [0.05, 0.1) is 16.7 Å². The highest BCUT2D eigenvalue weighted by molar-refractivity contribution is 5.94. The standard InChI is InChI=1S/C23H26N4O2/c1-15-7-8-18-19(26(15)23(28)29)9-10-20-22(18)25-21(13-16-5-3-2-4-6-16)27(20)17-11-12-24-14-17/h2-6,9-10,15,17,24H,7-8,11-14H2,1H3,(H,28,29). The minimum absolute atomic E-state index is 0.0117. The average molecular weight is 390 g/mol. The quantitative estimate of drug-likeness (QED) is 0.710. The minimum atomic E-state index is -0.887. The highest BCUT2D eigenvalue weighted by Crippen LogP contribution is 2.37. The molecular weight excluding hydrogens is 364 g/mol. The predicted octanol–water partition coefficient (Wildman–Crippen LogP) is 3.98. The molecule has 1 saturated heterocycles. The van der Waals surface area contributed by atoms with Gasteiger partial charge >= 0.3 is 6.09 Å². The second-order valence-corrected chi connectivity index (χ2v) is 8.18. The summed E-state index contributed by atoms with van der Waals surface area (Å²) < 4.78 is 2.39. The maximum Gasteiger partial charge on any atom is 0.412 e. The van der Waals surface area contributed by atoms with Gasteiger partial charge in [-0.3, -0.25) is 4.90 Å².